The fourth-order valence-electron chi connectivity index (χ4n) is 2.58. The molecule has 0 fully saturated rings. The zero-order chi connectivity index (χ0) is 20.0. The quantitative estimate of drug-likeness (QED) is 0.742. The van der Waals surface area contributed by atoms with Crippen molar-refractivity contribution in [3.63, 3.8) is 0 Å². The minimum Gasteiger partial charge on any atom is -0.340 e. The van der Waals surface area contributed by atoms with Crippen molar-refractivity contribution in [2.45, 2.75) is 20.8 Å². The number of nitrogens with one attached hydrogen (secondary N) is 2. The van der Waals surface area contributed by atoms with Gasteiger partial charge in [-0.05, 0) is 56.2 Å². The first-order valence-electron chi connectivity index (χ1n) is 8.54. The molecule has 7 heteroatoms. The average molecular weight is 404 g/mol. The van der Waals surface area contributed by atoms with Crippen molar-refractivity contribution in [3.8, 4) is 0 Å². The first-order chi connectivity index (χ1) is 12.8. The van der Waals surface area contributed by atoms with Gasteiger partial charge in [-0.2, -0.15) is 0 Å². The third kappa shape index (κ3) is 5.52. The molecule has 0 saturated heterocycles. The maximum Gasteiger partial charge on any atom is 0.258 e. The second-order valence-corrected chi connectivity index (χ2v) is 6.86. The lowest BCUT2D eigenvalue weighted by molar-refractivity contribution is -0.116. The lowest BCUT2D eigenvalue weighted by Crippen LogP contribution is -2.45. The van der Waals surface area contributed by atoms with Gasteiger partial charge in [0.15, 0.2) is 5.11 Å². The molecule has 0 aliphatic carbocycles. The number of carbonyl (C=O) groups excluding carboxylic acids is 2. The summed E-state index contributed by atoms with van der Waals surface area (Å²) in [6.07, 6.45) is 0. The highest BCUT2D eigenvalue weighted by molar-refractivity contribution is 7.80. The highest BCUT2D eigenvalue weighted by atomic mass is 35.5. The molecule has 0 aliphatic rings. The van der Waals surface area contributed by atoms with Crippen LogP contribution in [0.25, 0.3) is 0 Å². The maximum absolute atomic E-state index is 12.5. The molecular formula is C20H22ClN3O2S. The third-order valence-electron chi connectivity index (χ3n) is 4.09. The largest absolute Gasteiger partial charge is 0.340 e. The molecule has 0 aromatic heterocycles. The molecule has 2 aromatic carbocycles. The first kappa shape index (κ1) is 20.9. The maximum atomic E-state index is 12.5. The Morgan fingerprint density at radius 2 is 1.70 bits per heavy atom. The van der Waals surface area contributed by atoms with Gasteiger partial charge in [-0.25, -0.2) is 0 Å². The minimum absolute atomic E-state index is 0.0336. The average Bonchev–Trinajstić information content (AvgIpc) is 2.63. The minimum atomic E-state index is -0.404. The highest BCUT2D eigenvalue weighted by Crippen LogP contribution is 2.19. The molecule has 0 aliphatic heterocycles. The van der Waals surface area contributed by atoms with E-state index in [9.17, 15) is 9.59 Å². The van der Waals surface area contributed by atoms with Crippen molar-refractivity contribution in [2.75, 3.05) is 18.4 Å². The van der Waals surface area contributed by atoms with Gasteiger partial charge in [-0.15, -0.1) is 0 Å². The van der Waals surface area contributed by atoms with Crippen LogP contribution in [0.3, 0.4) is 0 Å². The molecule has 5 nitrogen and oxygen atoms in total. The van der Waals surface area contributed by atoms with Gasteiger partial charge < -0.3 is 10.2 Å². The van der Waals surface area contributed by atoms with Crippen LogP contribution in [-0.4, -0.2) is 34.9 Å². The van der Waals surface area contributed by atoms with Gasteiger partial charge in [0.1, 0.15) is 0 Å². The monoisotopic (exact) mass is 403 g/mol. The second kappa shape index (κ2) is 9.48. The number of hydrogen-bond donors (Lipinski definition) is 2. The smallest absolute Gasteiger partial charge is 0.258 e. The van der Waals surface area contributed by atoms with Gasteiger partial charge >= 0.3 is 0 Å². The molecule has 27 heavy (non-hydrogen) atoms. The fraction of sp³-hybridized carbons (Fsp3) is 0.250. The molecule has 0 radical (unpaired) electrons. The lowest BCUT2D eigenvalue weighted by Gasteiger charge is -2.23. The summed E-state index contributed by atoms with van der Waals surface area (Å²) >= 11 is 11.3. The van der Waals surface area contributed by atoms with E-state index in [0.29, 0.717) is 17.1 Å². The number of nitrogens with zero attached hydrogens (tertiary/aromatic N) is 1. The van der Waals surface area contributed by atoms with E-state index in [1.165, 1.54) is 0 Å². The number of anilines is 1. The molecule has 0 heterocycles. The third-order valence-corrected chi connectivity index (χ3v) is 4.78. The van der Waals surface area contributed by atoms with Crippen molar-refractivity contribution in [3.05, 3.63) is 64.2 Å². The number of hydrogen-bond acceptors (Lipinski definition) is 3. The normalized spacial score (nSPS) is 10.2. The number of halogens is 1. The van der Waals surface area contributed by atoms with Crippen LogP contribution in [0.15, 0.2) is 42.5 Å². The van der Waals surface area contributed by atoms with Gasteiger partial charge in [-0.3, -0.25) is 14.9 Å². The van der Waals surface area contributed by atoms with E-state index in [-0.39, 0.29) is 17.6 Å². The molecule has 0 unspecified atom stereocenters. The summed E-state index contributed by atoms with van der Waals surface area (Å²) in [6, 6.07) is 12.5. The van der Waals surface area contributed by atoms with E-state index < -0.39 is 5.91 Å². The molecule has 142 valence electrons. The molecule has 0 atom stereocenters. The van der Waals surface area contributed by atoms with Crippen LogP contribution in [0.4, 0.5) is 5.69 Å². The molecule has 0 spiro atoms. The highest BCUT2D eigenvalue weighted by Gasteiger charge is 2.17. The zero-order valence-corrected chi connectivity index (χ0v) is 17.1. The summed E-state index contributed by atoms with van der Waals surface area (Å²) in [5.41, 5.74) is 3.10. The Labute approximate surface area is 169 Å². The van der Waals surface area contributed by atoms with Gasteiger partial charge in [0.25, 0.3) is 5.91 Å². The Balaban J connectivity index is 2.01. The van der Waals surface area contributed by atoms with E-state index in [1.54, 1.807) is 29.2 Å². The van der Waals surface area contributed by atoms with Crippen LogP contribution in [0.5, 0.6) is 0 Å². The van der Waals surface area contributed by atoms with Crippen LogP contribution < -0.4 is 10.6 Å². The Hall–Kier alpha value is -2.44. The lowest BCUT2D eigenvalue weighted by atomic mass is 10.1. The molecule has 0 bridgehead atoms. The SMILES string of the molecule is CCN(CC(=O)Nc1c(C)cccc1C)C(=S)NC(=O)c1ccccc1Cl. The van der Waals surface area contributed by atoms with Gasteiger partial charge in [-0.1, -0.05) is 41.9 Å². The van der Waals surface area contributed by atoms with Crippen LogP contribution >= 0.6 is 23.8 Å². The van der Waals surface area contributed by atoms with Crippen LogP contribution in [0.2, 0.25) is 5.02 Å². The fourth-order valence-corrected chi connectivity index (χ4v) is 3.09. The van der Waals surface area contributed by atoms with E-state index in [2.05, 4.69) is 10.6 Å². The van der Waals surface area contributed by atoms with Crippen molar-refractivity contribution in [1.82, 2.24) is 10.2 Å². The number of carbonyl (C=O) groups is 2. The van der Waals surface area contributed by atoms with E-state index in [4.69, 9.17) is 23.8 Å². The number of rotatable bonds is 5. The van der Waals surface area contributed by atoms with Crippen molar-refractivity contribution in [1.29, 1.82) is 0 Å². The van der Waals surface area contributed by atoms with E-state index in [0.717, 1.165) is 16.8 Å². The predicted octanol–water partition coefficient (Wildman–Crippen LogP) is 3.93. The van der Waals surface area contributed by atoms with E-state index >= 15 is 0 Å². The first-order valence-corrected chi connectivity index (χ1v) is 9.33. The van der Waals surface area contributed by atoms with Gasteiger partial charge in [0, 0.05) is 12.2 Å². The standard InChI is InChI=1S/C20H22ClN3O2S/c1-4-24(12-17(25)22-18-13(2)8-7-9-14(18)3)20(27)23-19(26)15-10-5-6-11-16(15)21/h5-11H,4,12H2,1-3H3,(H,22,25)(H,23,26,27). The van der Waals surface area contributed by atoms with Crippen molar-refractivity contribution in [2.24, 2.45) is 0 Å². The van der Waals surface area contributed by atoms with Crippen LogP contribution in [0.1, 0.15) is 28.4 Å². The second-order valence-electron chi connectivity index (χ2n) is 6.07. The summed E-state index contributed by atoms with van der Waals surface area (Å²) in [4.78, 5) is 26.4. The Kier molecular flexibility index (Phi) is 7.33. The van der Waals surface area contributed by atoms with Crippen LogP contribution in [-0.2, 0) is 4.79 Å². The zero-order valence-electron chi connectivity index (χ0n) is 15.5. The molecule has 2 N–H and O–H groups in total. The van der Waals surface area contributed by atoms with Crippen LogP contribution in [0, 0.1) is 13.8 Å². The topological polar surface area (TPSA) is 61.4 Å². The number of thiocarbonyl (C=S) groups is 1. The van der Waals surface area contributed by atoms with Gasteiger partial charge in [0.2, 0.25) is 5.91 Å². The Bertz CT molecular complexity index is 850. The van der Waals surface area contributed by atoms with E-state index in [1.807, 2.05) is 39.0 Å². The Morgan fingerprint density at radius 3 is 2.30 bits per heavy atom. The molecular weight excluding hydrogens is 382 g/mol. The molecule has 2 aromatic rings. The number of amides is 2. The predicted molar refractivity (Wildman–Crippen MR) is 113 cm³/mol. The summed E-state index contributed by atoms with van der Waals surface area (Å²) in [7, 11) is 0. The number of likely N-dealkylation sites (N-methyl/N-ethyl adjacent to an activating group) is 1. The number of aryl methyl sites for hydroxylation is 2. The van der Waals surface area contributed by atoms with Crippen molar-refractivity contribution < 1.29 is 9.59 Å². The van der Waals surface area contributed by atoms with Gasteiger partial charge in [0.05, 0.1) is 17.1 Å². The summed E-state index contributed by atoms with van der Waals surface area (Å²) in [6.45, 7) is 6.25. The van der Waals surface area contributed by atoms with Crippen molar-refractivity contribution >= 4 is 46.4 Å². The Morgan fingerprint density at radius 1 is 1.07 bits per heavy atom. The molecule has 0 saturated carbocycles. The summed E-state index contributed by atoms with van der Waals surface area (Å²) < 4.78 is 0. The summed E-state index contributed by atoms with van der Waals surface area (Å²) in [5, 5.41) is 6.07. The number of para-hydroxylation sites is 1. The summed E-state index contributed by atoms with van der Waals surface area (Å²) in [5.74, 6) is -0.609. The molecule has 2 amide bonds. The molecule has 2 rings (SSSR count). The number of benzene rings is 2.